The Hall–Kier alpha value is -6.26. The monoisotopic (exact) mass is 805 g/mol. The van der Waals surface area contributed by atoms with Crippen LogP contribution in [0.15, 0.2) is 65.6 Å². The van der Waals surface area contributed by atoms with Gasteiger partial charge in [-0.2, -0.15) is 9.88 Å². The average Bonchev–Trinajstić information content (AvgIpc) is 3.40. The number of hydrogen-bond donors (Lipinski definition) is 2. The third-order valence-corrected chi connectivity index (χ3v) is 8.27. The van der Waals surface area contributed by atoms with E-state index >= 15 is 0 Å². The molecule has 0 spiro atoms. The molecule has 2 N–H and O–H groups in total. The van der Waals surface area contributed by atoms with Gasteiger partial charge < -0.3 is 34.3 Å². The number of alkyl carbamates (subject to hydrolysis) is 1. The molecule has 17 heteroatoms. The lowest BCUT2D eigenvalue weighted by Crippen LogP contribution is -2.51. The minimum Gasteiger partial charge on any atom is -0.480 e. The van der Waals surface area contributed by atoms with E-state index in [-0.39, 0.29) is 19.1 Å². The van der Waals surface area contributed by atoms with Gasteiger partial charge in [0.15, 0.2) is 5.82 Å². The molecule has 1 aliphatic carbocycles. The van der Waals surface area contributed by atoms with Crippen LogP contribution in [0.1, 0.15) is 85.8 Å². The number of anilines is 1. The molecule has 1 atom stereocenters. The molecule has 0 radical (unpaired) electrons. The number of ether oxygens (including phenoxy) is 4. The van der Waals surface area contributed by atoms with Gasteiger partial charge in [-0.15, -0.1) is 0 Å². The molecule has 1 aromatic heterocycles. The van der Waals surface area contributed by atoms with E-state index in [1.54, 1.807) is 62.3 Å². The SMILES string of the molecule is CC(C)(C)OC(=O)C[C@@H](C(=O)O)N(CCNC(=O)OCC1c2ccccc2-c2ccccc21)C(=O)Cn1ccc(N(C(=O)OC(C)(C)C)C(=O)OC(C)(C)C)nc1=O. The predicted molar refractivity (Wildman–Crippen MR) is 210 cm³/mol. The van der Waals surface area contributed by atoms with Crippen molar-refractivity contribution in [3.8, 4) is 11.1 Å². The fraction of sp³-hybridized carbons (Fsp3) is 0.463. The number of carboxylic acids is 1. The molecule has 0 bridgehead atoms. The lowest BCUT2D eigenvalue weighted by molar-refractivity contribution is -0.162. The number of carbonyl (C=O) groups excluding carboxylic acids is 5. The van der Waals surface area contributed by atoms with Gasteiger partial charge in [-0.05, 0) is 90.6 Å². The van der Waals surface area contributed by atoms with Crippen molar-refractivity contribution in [1.29, 1.82) is 0 Å². The van der Waals surface area contributed by atoms with Gasteiger partial charge in [0.1, 0.15) is 36.0 Å². The van der Waals surface area contributed by atoms with E-state index in [2.05, 4.69) is 10.3 Å². The standard InChI is InChI=1S/C41H51N5O12/c1-39(2,3)56-33(48)22-30(34(49)50)45(21-19-42-36(52)55-24-29-27-16-12-10-14-25(27)26-15-11-13-17-28(26)29)32(47)23-44-20-18-31(43-35(44)51)46(37(53)57-40(4,5)6)38(54)58-41(7,8)9/h10-18,20,29-30H,19,21-24H2,1-9H3,(H,42,52)(H,49,50)/t30-/m0/s1. The Morgan fingerprint density at radius 2 is 1.31 bits per heavy atom. The minimum atomic E-state index is -1.77. The Bertz CT molecular complexity index is 2020. The number of hydrogen-bond acceptors (Lipinski definition) is 12. The normalized spacial score (nSPS) is 13.0. The van der Waals surface area contributed by atoms with Gasteiger partial charge in [-0.1, -0.05) is 48.5 Å². The smallest absolute Gasteiger partial charge is 0.425 e. The zero-order valence-electron chi connectivity index (χ0n) is 34.2. The van der Waals surface area contributed by atoms with E-state index < -0.39 is 90.0 Å². The third kappa shape index (κ3) is 12.1. The average molecular weight is 806 g/mol. The second-order valence-electron chi connectivity index (χ2n) is 16.5. The molecular formula is C41H51N5O12. The molecule has 0 unspecified atom stereocenters. The molecule has 312 valence electrons. The zero-order chi connectivity index (χ0) is 43.2. The molecule has 3 aromatic rings. The number of esters is 1. The van der Waals surface area contributed by atoms with Crippen LogP contribution in [0, 0.1) is 0 Å². The summed E-state index contributed by atoms with van der Waals surface area (Å²) in [5, 5.41) is 12.7. The maximum Gasteiger partial charge on any atom is 0.425 e. The molecule has 58 heavy (non-hydrogen) atoms. The highest BCUT2D eigenvalue weighted by atomic mass is 16.6. The van der Waals surface area contributed by atoms with Crippen LogP contribution >= 0.6 is 0 Å². The second-order valence-corrected chi connectivity index (χ2v) is 16.5. The number of imide groups is 1. The van der Waals surface area contributed by atoms with Gasteiger partial charge in [0, 0.05) is 25.2 Å². The van der Waals surface area contributed by atoms with Gasteiger partial charge in [-0.3, -0.25) is 14.2 Å². The quantitative estimate of drug-likeness (QED) is 0.172. The molecule has 0 saturated heterocycles. The van der Waals surface area contributed by atoms with Crippen molar-refractivity contribution < 1.29 is 52.8 Å². The van der Waals surface area contributed by atoms with Crippen molar-refractivity contribution in [2.45, 2.75) is 104 Å². The number of fused-ring (bicyclic) bond motifs is 3. The van der Waals surface area contributed by atoms with Crippen LogP contribution in [0.5, 0.6) is 0 Å². The Morgan fingerprint density at radius 3 is 1.79 bits per heavy atom. The third-order valence-electron chi connectivity index (χ3n) is 8.27. The summed E-state index contributed by atoms with van der Waals surface area (Å²) in [5.41, 5.74) is -0.0618. The zero-order valence-corrected chi connectivity index (χ0v) is 34.2. The molecular weight excluding hydrogens is 754 g/mol. The van der Waals surface area contributed by atoms with Crippen LogP contribution in [0.25, 0.3) is 11.1 Å². The van der Waals surface area contributed by atoms with Gasteiger partial charge in [-0.25, -0.2) is 24.0 Å². The summed E-state index contributed by atoms with van der Waals surface area (Å²) in [6.07, 6.45) is -2.87. The van der Waals surface area contributed by atoms with Gasteiger partial charge in [0.2, 0.25) is 5.91 Å². The Morgan fingerprint density at radius 1 is 0.793 bits per heavy atom. The highest BCUT2D eigenvalue weighted by Crippen LogP contribution is 2.44. The van der Waals surface area contributed by atoms with Crippen LogP contribution in [-0.2, 0) is 39.9 Å². The first kappa shape index (κ1) is 44.5. The number of carboxylic acid groups (broad SMARTS) is 1. The number of benzene rings is 2. The van der Waals surface area contributed by atoms with Crippen molar-refractivity contribution >= 4 is 41.9 Å². The van der Waals surface area contributed by atoms with Crippen LogP contribution in [0.2, 0.25) is 0 Å². The van der Waals surface area contributed by atoms with E-state index in [0.29, 0.717) is 4.90 Å². The van der Waals surface area contributed by atoms with Gasteiger partial charge >= 0.3 is 35.9 Å². The fourth-order valence-corrected chi connectivity index (χ4v) is 6.03. The molecule has 17 nitrogen and oxygen atoms in total. The number of rotatable bonds is 12. The maximum absolute atomic E-state index is 13.9. The topological polar surface area (TPSA) is 213 Å². The van der Waals surface area contributed by atoms with Crippen LogP contribution in [0.4, 0.5) is 20.2 Å². The fourth-order valence-electron chi connectivity index (χ4n) is 6.03. The molecule has 0 saturated carbocycles. The summed E-state index contributed by atoms with van der Waals surface area (Å²) >= 11 is 0. The number of amides is 4. The molecule has 1 aliphatic rings. The number of carbonyl (C=O) groups is 6. The van der Waals surface area contributed by atoms with E-state index in [4.69, 9.17) is 18.9 Å². The van der Waals surface area contributed by atoms with Crippen molar-refractivity contribution in [1.82, 2.24) is 19.8 Å². The van der Waals surface area contributed by atoms with Gasteiger partial charge in [0.05, 0.1) is 6.42 Å². The van der Waals surface area contributed by atoms with Crippen molar-refractivity contribution in [3.63, 3.8) is 0 Å². The number of nitrogens with one attached hydrogen (secondary N) is 1. The van der Waals surface area contributed by atoms with E-state index in [0.717, 1.165) is 44.0 Å². The summed E-state index contributed by atoms with van der Waals surface area (Å²) in [6.45, 7) is 12.7. The lowest BCUT2D eigenvalue weighted by atomic mass is 9.98. The van der Waals surface area contributed by atoms with Gasteiger partial charge in [0.25, 0.3) is 0 Å². The van der Waals surface area contributed by atoms with Crippen LogP contribution in [-0.4, -0.2) is 98.2 Å². The highest BCUT2D eigenvalue weighted by Gasteiger charge is 2.36. The molecule has 4 rings (SSSR count). The molecule has 0 fully saturated rings. The largest absolute Gasteiger partial charge is 0.480 e. The molecule has 2 aromatic carbocycles. The molecule has 1 heterocycles. The Labute approximate surface area is 336 Å². The highest BCUT2D eigenvalue weighted by molar-refractivity contribution is 6.08. The minimum absolute atomic E-state index is 0.00406. The van der Waals surface area contributed by atoms with Crippen LogP contribution < -0.4 is 15.9 Å². The number of aromatic nitrogens is 2. The van der Waals surface area contributed by atoms with Crippen molar-refractivity contribution in [2.75, 3.05) is 24.6 Å². The summed E-state index contributed by atoms with van der Waals surface area (Å²) in [6, 6.07) is 14.9. The summed E-state index contributed by atoms with van der Waals surface area (Å²) in [7, 11) is 0. The van der Waals surface area contributed by atoms with E-state index in [9.17, 15) is 38.7 Å². The molecule has 4 amide bonds. The lowest BCUT2D eigenvalue weighted by Gasteiger charge is -2.30. The van der Waals surface area contributed by atoms with Crippen LogP contribution in [0.3, 0.4) is 0 Å². The van der Waals surface area contributed by atoms with E-state index in [1.807, 2.05) is 48.5 Å². The number of nitrogens with zero attached hydrogens (tertiary/aromatic N) is 4. The van der Waals surface area contributed by atoms with Crippen molar-refractivity contribution in [3.05, 3.63) is 82.4 Å². The summed E-state index contributed by atoms with van der Waals surface area (Å²) < 4.78 is 22.4. The first-order valence-corrected chi connectivity index (χ1v) is 18.6. The first-order valence-electron chi connectivity index (χ1n) is 18.6. The summed E-state index contributed by atoms with van der Waals surface area (Å²) in [4.78, 5) is 96.7. The maximum atomic E-state index is 13.9. The first-order chi connectivity index (χ1) is 26.9. The Balaban J connectivity index is 1.53. The summed E-state index contributed by atoms with van der Waals surface area (Å²) in [5.74, 6) is -4.09. The Kier molecular flexibility index (Phi) is 13.7. The van der Waals surface area contributed by atoms with Crippen molar-refractivity contribution in [2.24, 2.45) is 0 Å². The van der Waals surface area contributed by atoms with E-state index in [1.165, 1.54) is 0 Å². The molecule has 0 aliphatic heterocycles. The second kappa shape index (κ2) is 17.9. The predicted octanol–water partition coefficient (Wildman–Crippen LogP) is 5.47. The number of aliphatic carboxylic acids is 1.